The zero-order valence-corrected chi connectivity index (χ0v) is 18.1. The Hall–Kier alpha value is -1.67. The number of rotatable bonds is 12. The van der Waals surface area contributed by atoms with E-state index in [0.717, 1.165) is 25.7 Å². The van der Waals surface area contributed by atoms with E-state index in [1.165, 1.54) is 5.01 Å². The molecule has 0 saturated carbocycles. The van der Waals surface area contributed by atoms with E-state index in [-0.39, 0.29) is 35.5 Å². The Morgan fingerprint density at radius 2 is 1.82 bits per heavy atom. The number of hydrogen-bond acceptors (Lipinski definition) is 5. The SMILES string of the molecule is CCCCN(NC=O)C(=O)COCCCC(=O)NC1CC(C)(C)NC(C)(C)C1. The molecule has 0 aliphatic carbocycles. The summed E-state index contributed by atoms with van der Waals surface area (Å²) in [6.07, 6.45) is 4.91. The fourth-order valence-electron chi connectivity index (χ4n) is 3.94. The molecule has 8 nitrogen and oxygen atoms in total. The summed E-state index contributed by atoms with van der Waals surface area (Å²) >= 11 is 0. The standard InChI is InChI=1S/C20H38N4O4/c1-6-7-10-24(21-15-25)18(27)14-28-11-8-9-17(26)22-16-12-19(2,3)23-20(4,5)13-16/h15-16,23H,6-14H2,1-5H3,(H,21,25)(H,22,26). The molecule has 8 heteroatoms. The summed E-state index contributed by atoms with van der Waals surface area (Å²) in [6.45, 7) is 11.3. The third-order valence-electron chi connectivity index (χ3n) is 4.72. The van der Waals surface area contributed by atoms with Gasteiger partial charge in [0.2, 0.25) is 12.3 Å². The second-order valence-corrected chi connectivity index (χ2v) is 8.87. The van der Waals surface area contributed by atoms with Crippen LogP contribution in [0.25, 0.3) is 0 Å². The number of carbonyl (C=O) groups excluding carboxylic acids is 3. The van der Waals surface area contributed by atoms with Gasteiger partial charge in [0.1, 0.15) is 6.61 Å². The van der Waals surface area contributed by atoms with Crippen LogP contribution in [0.4, 0.5) is 0 Å². The highest BCUT2D eigenvalue weighted by Gasteiger charge is 2.38. The first kappa shape index (κ1) is 24.4. The zero-order valence-electron chi connectivity index (χ0n) is 18.1. The molecule has 0 bridgehead atoms. The monoisotopic (exact) mass is 398 g/mol. The van der Waals surface area contributed by atoms with E-state index in [2.05, 4.69) is 43.8 Å². The first-order valence-electron chi connectivity index (χ1n) is 10.2. The van der Waals surface area contributed by atoms with Crippen LogP contribution in [-0.4, -0.2) is 60.1 Å². The first-order valence-corrected chi connectivity index (χ1v) is 10.2. The van der Waals surface area contributed by atoms with Crippen LogP contribution in [0.5, 0.6) is 0 Å². The number of hydrogen-bond donors (Lipinski definition) is 3. The molecule has 28 heavy (non-hydrogen) atoms. The van der Waals surface area contributed by atoms with Gasteiger partial charge in [0.25, 0.3) is 5.91 Å². The van der Waals surface area contributed by atoms with Gasteiger partial charge in [0, 0.05) is 36.7 Å². The highest BCUT2D eigenvalue weighted by atomic mass is 16.5. The minimum Gasteiger partial charge on any atom is -0.372 e. The Labute approximate surface area is 169 Å². The molecule has 0 aromatic carbocycles. The lowest BCUT2D eigenvalue weighted by Crippen LogP contribution is -2.62. The minimum atomic E-state index is -0.288. The summed E-state index contributed by atoms with van der Waals surface area (Å²) in [6, 6.07) is 0.155. The van der Waals surface area contributed by atoms with Crippen LogP contribution in [-0.2, 0) is 19.1 Å². The van der Waals surface area contributed by atoms with Crippen LogP contribution in [0, 0.1) is 0 Å². The average molecular weight is 399 g/mol. The smallest absolute Gasteiger partial charge is 0.266 e. The van der Waals surface area contributed by atoms with Gasteiger partial charge in [-0.05, 0) is 53.4 Å². The molecule has 1 aliphatic rings. The number of unbranched alkanes of at least 4 members (excludes halogenated alkanes) is 1. The molecule has 1 aliphatic heterocycles. The highest BCUT2D eigenvalue weighted by Crippen LogP contribution is 2.28. The van der Waals surface area contributed by atoms with Gasteiger partial charge in [-0.2, -0.15) is 0 Å². The largest absolute Gasteiger partial charge is 0.372 e. The second-order valence-electron chi connectivity index (χ2n) is 8.87. The van der Waals surface area contributed by atoms with Crippen molar-refractivity contribution in [3.05, 3.63) is 0 Å². The number of piperidine rings is 1. The summed E-state index contributed by atoms with van der Waals surface area (Å²) in [5, 5.41) is 8.00. The molecular formula is C20H38N4O4. The van der Waals surface area contributed by atoms with Gasteiger partial charge < -0.3 is 15.4 Å². The number of amides is 3. The zero-order chi connectivity index (χ0) is 21.2. The van der Waals surface area contributed by atoms with Crippen molar-refractivity contribution in [1.29, 1.82) is 0 Å². The van der Waals surface area contributed by atoms with Gasteiger partial charge in [-0.1, -0.05) is 13.3 Å². The summed E-state index contributed by atoms with van der Waals surface area (Å²) < 4.78 is 5.37. The topological polar surface area (TPSA) is 99.8 Å². The molecule has 3 amide bonds. The molecule has 0 spiro atoms. The van der Waals surface area contributed by atoms with Crippen LogP contribution in [0.2, 0.25) is 0 Å². The van der Waals surface area contributed by atoms with Crippen molar-refractivity contribution in [3.63, 3.8) is 0 Å². The Kier molecular flexibility index (Phi) is 9.89. The van der Waals surface area contributed by atoms with E-state index in [9.17, 15) is 14.4 Å². The molecule has 0 atom stereocenters. The Bertz CT molecular complexity index is 506. The van der Waals surface area contributed by atoms with Crippen molar-refractivity contribution >= 4 is 18.2 Å². The summed E-state index contributed by atoms with van der Waals surface area (Å²) in [7, 11) is 0. The average Bonchev–Trinajstić information content (AvgIpc) is 2.55. The van der Waals surface area contributed by atoms with E-state index in [1.807, 2.05) is 6.92 Å². The molecule has 0 aromatic heterocycles. The first-order chi connectivity index (χ1) is 13.1. The maximum absolute atomic E-state index is 12.2. The van der Waals surface area contributed by atoms with E-state index < -0.39 is 0 Å². The third-order valence-corrected chi connectivity index (χ3v) is 4.72. The van der Waals surface area contributed by atoms with E-state index >= 15 is 0 Å². The number of carbonyl (C=O) groups is 3. The van der Waals surface area contributed by atoms with Crippen molar-refractivity contribution in [1.82, 2.24) is 21.1 Å². The quantitative estimate of drug-likeness (QED) is 0.263. The molecule has 1 rings (SSSR count). The fraction of sp³-hybridized carbons (Fsp3) is 0.850. The van der Waals surface area contributed by atoms with Gasteiger partial charge in [-0.25, -0.2) is 0 Å². The molecule has 1 saturated heterocycles. The predicted octanol–water partition coefficient (Wildman–Crippen LogP) is 1.50. The molecule has 0 aromatic rings. The van der Waals surface area contributed by atoms with Crippen LogP contribution < -0.4 is 16.1 Å². The molecule has 0 unspecified atom stereocenters. The molecule has 1 heterocycles. The number of nitrogens with one attached hydrogen (secondary N) is 3. The lowest BCUT2D eigenvalue weighted by atomic mass is 9.79. The maximum atomic E-state index is 12.2. The Balaban J connectivity index is 2.26. The third kappa shape index (κ3) is 9.50. The van der Waals surface area contributed by atoms with E-state index in [0.29, 0.717) is 32.4 Å². The molecule has 0 radical (unpaired) electrons. The van der Waals surface area contributed by atoms with Crippen molar-refractivity contribution in [2.24, 2.45) is 0 Å². The normalized spacial score (nSPS) is 18.3. The van der Waals surface area contributed by atoms with Gasteiger partial charge in [-0.3, -0.25) is 24.8 Å². The van der Waals surface area contributed by atoms with Crippen molar-refractivity contribution in [3.8, 4) is 0 Å². The Morgan fingerprint density at radius 3 is 2.39 bits per heavy atom. The number of nitrogens with zero attached hydrogens (tertiary/aromatic N) is 1. The molecule has 1 fully saturated rings. The summed E-state index contributed by atoms with van der Waals surface area (Å²) in [5.74, 6) is -0.273. The molecule has 162 valence electrons. The molecule has 3 N–H and O–H groups in total. The van der Waals surface area contributed by atoms with E-state index in [4.69, 9.17) is 4.74 Å². The molecular weight excluding hydrogens is 360 g/mol. The minimum absolute atomic E-state index is 0.0115. The number of ether oxygens (including phenoxy) is 1. The Morgan fingerprint density at radius 1 is 1.18 bits per heavy atom. The van der Waals surface area contributed by atoms with Crippen LogP contribution in [0.3, 0.4) is 0 Å². The van der Waals surface area contributed by atoms with Crippen LogP contribution in [0.15, 0.2) is 0 Å². The van der Waals surface area contributed by atoms with Crippen molar-refractivity contribution in [2.45, 2.75) is 90.3 Å². The van der Waals surface area contributed by atoms with Crippen molar-refractivity contribution in [2.75, 3.05) is 19.8 Å². The number of hydrazine groups is 1. The van der Waals surface area contributed by atoms with Gasteiger partial charge >= 0.3 is 0 Å². The van der Waals surface area contributed by atoms with Gasteiger partial charge in [0.15, 0.2) is 0 Å². The van der Waals surface area contributed by atoms with E-state index in [1.54, 1.807) is 0 Å². The van der Waals surface area contributed by atoms with Crippen molar-refractivity contribution < 1.29 is 19.1 Å². The highest BCUT2D eigenvalue weighted by molar-refractivity contribution is 5.78. The maximum Gasteiger partial charge on any atom is 0.266 e. The van der Waals surface area contributed by atoms with Crippen LogP contribution >= 0.6 is 0 Å². The summed E-state index contributed by atoms with van der Waals surface area (Å²) in [5.41, 5.74) is 2.37. The lowest BCUT2D eigenvalue weighted by Gasteiger charge is -2.46. The second kappa shape index (κ2) is 11.4. The predicted molar refractivity (Wildman–Crippen MR) is 108 cm³/mol. The van der Waals surface area contributed by atoms with Gasteiger partial charge in [-0.15, -0.1) is 0 Å². The fourth-order valence-corrected chi connectivity index (χ4v) is 3.94. The summed E-state index contributed by atoms with van der Waals surface area (Å²) in [4.78, 5) is 34.8. The van der Waals surface area contributed by atoms with Gasteiger partial charge in [0.05, 0.1) is 0 Å². The van der Waals surface area contributed by atoms with Crippen LogP contribution in [0.1, 0.15) is 73.1 Å². The lowest BCUT2D eigenvalue weighted by molar-refractivity contribution is -0.142.